The van der Waals surface area contributed by atoms with E-state index < -0.39 is 0 Å². The summed E-state index contributed by atoms with van der Waals surface area (Å²) < 4.78 is 4.63. The van der Waals surface area contributed by atoms with E-state index in [0.29, 0.717) is 6.42 Å². The molecule has 0 saturated heterocycles. The zero-order valence-electron chi connectivity index (χ0n) is 42.1. The van der Waals surface area contributed by atoms with Crippen LogP contribution in [-0.4, -0.2) is 38.1 Å². The Hall–Kier alpha value is -0.570. The molecule has 0 aromatic carbocycles. The van der Waals surface area contributed by atoms with E-state index in [-0.39, 0.29) is 5.97 Å². The van der Waals surface area contributed by atoms with Crippen molar-refractivity contribution in [2.75, 3.05) is 27.2 Å². The van der Waals surface area contributed by atoms with Gasteiger partial charge in [0.05, 0.1) is 7.11 Å². The van der Waals surface area contributed by atoms with Crippen LogP contribution in [0.1, 0.15) is 329 Å². The van der Waals surface area contributed by atoms with Crippen LogP contribution >= 0.6 is 0 Å². The maximum absolute atomic E-state index is 10.9. The summed E-state index contributed by atoms with van der Waals surface area (Å²) in [5.74, 6) is -0.0651. The summed E-state index contributed by atoms with van der Waals surface area (Å²) in [6, 6.07) is 0. The van der Waals surface area contributed by atoms with Crippen LogP contribution in [0.25, 0.3) is 0 Å². The van der Waals surface area contributed by atoms with Gasteiger partial charge in [0.25, 0.3) is 0 Å². The van der Waals surface area contributed by atoms with Gasteiger partial charge in [0.15, 0.2) is 0 Å². The molecule has 0 bridgehead atoms. The number of esters is 1. The van der Waals surface area contributed by atoms with Gasteiger partial charge in [0, 0.05) is 6.42 Å². The number of methoxy groups -OCH3 is 1. The largest absolute Gasteiger partial charge is 0.469 e. The molecular formula is C56H115NO2. The molecule has 0 aliphatic carbocycles. The highest BCUT2D eigenvalue weighted by molar-refractivity contribution is 5.68. The molecule has 0 amide bonds. The van der Waals surface area contributed by atoms with Gasteiger partial charge in [0.1, 0.15) is 0 Å². The predicted octanol–water partition coefficient (Wildman–Crippen LogP) is 19.9. The van der Waals surface area contributed by atoms with Crippen molar-refractivity contribution in [2.24, 2.45) is 0 Å². The van der Waals surface area contributed by atoms with Gasteiger partial charge < -0.3 is 9.64 Å². The van der Waals surface area contributed by atoms with E-state index in [1.807, 2.05) is 0 Å². The first-order chi connectivity index (χ1) is 29.1. The Balaban J connectivity index is 0. The van der Waals surface area contributed by atoms with Gasteiger partial charge in [-0.2, -0.15) is 0 Å². The number of hydrogen-bond donors (Lipinski definition) is 0. The summed E-state index contributed by atoms with van der Waals surface area (Å²) in [7, 11) is 3.81. The fourth-order valence-electron chi connectivity index (χ4n) is 8.71. The number of hydrogen-bond acceptors (Lipinski definition) is 3. The van der Waals surface area contributed by atoms with E-state index in [2.05, 4.69) is 37.5 Å². The van der Waals surface area contributed by atoms with Crippen molar-refractivity contribution < 1.29 is 9.53 Å². The lowest BCUT2D eigenvalue weighted by atomic mass is 10.0. The maximum Gasteiger partial charge on any atom is 0.305 e. The summed E-state index contributed by atoms with van der Waals surface area (Å²) in [6.07, 6.45) is 67.8. The first-order valence-corrected chi connectivity index (χ1v) is 27.9. The number of rotatable bonds is 50. The number of carbonyl (C=O) groups is 1. The quantitative estimate of drug-likeness (QED) is 0.0452. The highest BCUT2D eigenvalue weighted by atomic mass is 16.5. The topological polar surface area (TPSA) is 29.5 Å². The molecule has 0 aliphatic rings. The zero-order valence-corrected chi connectivity index (χ0v) is 42.1. The summed E-state index contributed by atoms with van der Waals surface area (Å²) in [5.41, 5.74) is 0. The van der Waals surface area contributed by atoms with Gasteiger partial charge in [-0.15, -0.1) is 0 Å². The molecule has 0 atom stereocenters. The van der Waals surface area contributed by atoms with E-state index in [9.17, 15) is 4.79 Å². The molecule has 0 aliphatic heterocycles. The molecule has 59 heavy (non-hydrogen) atoms. The van der Waals surface area contributed by atoms with E-state index in [0.717, 1.165) is 6.42 Å². The van der Waals surface area contributed by atoms with Crippen LogP contribution in [0.2, 0.25) is 0 Å². The second kappa shape index (κ2) is 57.4. The molecule has 0 saturated carbocycles. The fraction of sp³-hybridized carbons (Fsp3) is 0.982. The minimum Gasteiger partial charge on any atom is -0.469 e. The van der Waals surface area contributed by atoms with E-state index in [1.165, 1.54) is 316 Å². The molecule has 0 fully saturated rings. The van der Waals surface area contributed by atoms with Crippen molar-refractivity contribution in [1.29, 1.82) is 0 Å². The average Bonchev–Trinajstić information content (AvgIpc) is 3.24. The lowest BCUT2D eigenvalue weighted by molar-refractivity contribution is -0.140. The molecule has 0 N–H and O–H groups in total. The van der Waals surface area contributed by atoms with Crippen molar-refractivity contribution in [1.82, 2.24) is 4.90 Å². The SMILES string of the molecule is CCCCCCCCCCCCCCCCCC(=O)OC.CCCCCCCCCCCCCCCCCCN(C)CCCCCCCCCCCCCCCCCC. The summed E-state index contributed by atoms with van der Waals surface area (Å²) in [4.78, 5) is 13.5. The van der Waals surface area contributed by atoms with Crippen LogP contribution < -0.4 is 0 Å². The highest BCUT2D eigenvalue weighted by Gasteiger charge is 2.01. The third-order valence-electron chi connectivity index (χ3n) is 13.0. The standard InChI is InChI=1S/C37H77N.C19H38O2/c1-4-6-8-10-12-14-16-18-20-22-24-26-28-30-32-34-36-38(3)37-35-33-31-29-27-25-23-21-19-17-15-13-11-9-7-5-2;1-3-4-5-6-7-8-9-10-11-12-13-14-15-16-17-18-19(20)21-2/h4-37H2,1-3H3;3-18H2,1-2H3. The molecular weight excluding hydrogens is 719 g/mol. The smallest absolute Gasteiger partial charge is 0.305 e. The lowest BCUT2D eigenvalue weighted by Crippen LogP contribution is -2.20. The molecule has 0 unspecified atom stereocenters. The van der Waals surface area contributed by atoms with E-state index >= 15 is 0 Å². The van der Waals surface area contributed by atoms with Crippen LogP contribution in [0, 0.1) is 0 Å². The van der Waals surface area contributed by atoms with E-state index in [4.69, 9.17) is 0 Å². The summed E-state index contributed by atoms with van der Waals surface area (Å²) in [5, 5.41) is 0. The average molecular weight is 835 g/mol. The van der Waals surface area contributed by atoms with Crippen LogP contribution in [0.4, 0.5) is 0 Å². The Bertz CT molecular complexity index is 689. The van der Waals surface area contributed by atoms with Crippen molar-refractivity contribution in [3.8, 4) is 0 Å². The van der Waals surface area contributed by atoms with Crippen molar-refractivity contribution in [3.63, 3.8) is 0 Å². The van der Waals surface area contributed by atoms with Gasteiger partial charge >= 0.3 is 5.97 Å². The minimum absolute atomic E-state index is 0.0651. The Morgan fingerprint density at radius 2 is 0.458 bits per heavy atom. The van der Waals surface area contributed by atoms with Crippen molar-refractivity contribution in [3.05, 3.63) is 0 Å². The Labute approximate surface area is 375 Å². The summed E-state index contributed by atoms with van der Waals surface area (Å²) >= 11 is 0. The number of nitrogens with zero attached hydrogens (tertiary/aromatic N) is 1. The molecule has 356 valence electrons. The molecule has 0 rings (SSSR count). The van der Waals surface area contributed by atoms with Gasteiger partial charge in [0.2, 0.25) is 0 Å². The van der Waals surface area contributed by atoms with Gasteiger partial charge in [-0.1, -0.05) is 303 Å². The van der Waals surface area contributed by atoms with Crippen molar-refractivity contribution >= 4 is 5.97 Å². The zero-order chi connectivity index (χ0) is 43.2. The lowest BCUT2D eigenvalue weighted by Gasteiger charge is -2.16. The Morgan fingerprint density at radius 3 is 0.644 bits per heavy atom. The van der Waals surface area contributed by atoms with Crippen LogP contribution in [0.3, 0.4) is 0 Å². The van der Waals surface area contributed by atoms with Crippen molar-refractivity contribution in [2.45, 2.75) is 329 Å². The predicted molar refractivity (Wildman–Crippen MR) is 268 cm³/mol. The monoisotopic (exact) mass is 834 g/mol. The molecule has 0 spiro atoms. The number of carbonyl (C=O) groups excluding carboxylic acids is 1. The normalized spacial score (nSPS) is 11.4. The third kappa shape index (κ3) is 59.6. The van der Waals surface area contributed by atoms with Crippen LogP contribution in [0.5, 0.6) is 0 Å². The Kier molecular flexibility index (Phi) is 58.9. The van der Waals surface area contributed by atoms with E-state index in [1.54, 1.807) is 0 Å². The second-order valence-corrected chi connectivity index (χ2v) is 19.2. The molecule has 0 aromatic rings. The van der Waals surface area contributed by atoms with Crippen LogP contribution in [-0.2, 0) is 9.53 Å². The Morgan fingerprint density at radius 1 is 0.288 bits per heavy atom. The highest BCUT2D eigenvalue weighted by Crippen LogP contribution is 2.17. The molecule has 0 radical (unpaired) electrons. The van der Waals surface area contributed by atoms with Gasteiger partial charge in [-0.05, 0) is 39.4 Å². The third-order valence-corrected chi connectivity index (χ3v) is 13.0. The summed E-state index contributed by atoms with van der Waals surface area (Å²) in [6.45, 7) is 9.52. The van der Waals surface area contributed by atoms with Gasteiger partial charge in [-0.3, -0.25) is 4.79 Å². The molecule has 3 heteroatoms. The molecule has 0 aromatic heterocycles. The number of unbranched alkanes of at least 4 members (excludes halogenated alkanes) is 44. The van der Waals surface area contributed by atoms with Gasteiger partial charge in [-0.25, -0.2) is 0 Å². The molecule has 3 nitrogen and oxygen atoms in total. The molecule has 0 heterocycles. The first kappa shape index (κ1) is 60.5. The number of ether oxygens (including phenoxy) is 1. The fourth-order valence-corrected chi connectivity index (χ4v) is 8.71. The first-order valence-electron chi connectivity index (χ1n) is 27.9. The second-order valence-electron chi connectivity index (χ2n) is 19.2. The minimum atomic E-state index is -0.0651. The maximum atomic E-state index is 10.9. The van der Waals surface area contributed by atoms with Crippen LogP contribution in [0.15, 0.2) is 0 Å².